The molecule has 0 heterocycles. The number of carboxylic acids is 1. The molecule has 6 nitrogen and oxygen atoms in total. The summed E-state index contributed by atoms with van der Waals surface area (Å²) >= 11 is 0. The van der Waals surface area contributed by atoms with Crippen molar-refractivity contribution in [3.8, 4) is 0 Å². The first-order valence-corrected chi connectivity index (χ1v) is 6.58. The molecule has 0 fully saturated rings. The Kier molecular flexibility index (Phi) is 7.13. The molecule has 0 aliphatic heterocycles. The average Bonchev–Trinajstić information content (AvgIpc) is 2.45. The zero-order valence-electron chi connectivity index (χ0n) is 11.3. The van der Waals surface area contributed by atoms with Gasteiger partial charge < -0.3 is 20.8 Å². The van der Waals surface area contributed by atoms with Gasteiger partial charge in [-0.1, -0.05) is 12.1 Å². The lowest BCUT2D eigenvalue weighted by Crippen LogP contribution is -2.35. The number of benzene rings is 1. The van der Waals surface area contributed by atoms with Crippen LogP contribution in [0, 0.1) is 0 Å². The summed E-state index contributed by atoms with van der Waals surface area (Å²) in [4.78, 5) is 22.1. The van der Waals surface area contributed by atoms with Crippen LogP contribution in [0.1, 0.15) is 35.2 Å². The van der Waals surface area contributed by atoms with E-state index in [4.69, 9.17) is 10.2 Å². The molecule has 1 aromatic rings. The van der Waals surface area contributed by atoms with Crippen LogP contribution >= 0.6 is 0 Å². The summed E-state index contributed by atoms with van der Waals surface area (Å²) in [6.07, 6.45) is 2.47. The molecule has 1 rings (SSSR count). The van der Waals surface area contributed by atoms with E-state index in [1.807, 2.05) is 0 Å². The molecule has 4 N–H and O–H groups in total. The molecule has 1 aromatic carbocycles. The maximum Gasteiger partial charge on any atom is 0.335 e. The predicted octanol–water partition coefficient (Wildman–Crippen LogP) is 1.35. The van der Waals surface area contributed by atoms with Crippen LogP contribution in [0.2, 0.25) is 0 Å². The highest BCUT2D eigenvalue weighted by molar-refractivity contribution is 5.87. The molecule has 2 amide bonds. The van der Waals surface area contributed by atoms with Crippen LogP contribution in [0.25, 0.3) is 0 Å². The Labute approximate surface area is 117 Å². The Morgan fingerprint density at radius 2 is 1.70 bits per heavy atom. The summed E-state index contributed by atoms with van der Waals surface area (Å²) < 4.78 is 0. The van der Waals surface area contributed by atoms with E-state index in [0.29, 0.717) is 13.1 Å². The molecule has 0 bridgehead atoms. The molecule has 6 heteroatoms. The molecule has 20 heavy (non-hydrogen) atoms. The van der Waals surface area contributed by atoms with E-state index < -0.39 is 5.97 Å². The number of aliphatic hydroxyl groups is 1. The van der Waals surface area contributed by atoms with Gasteiger partial charge in [-0.2, -0.15) is 0 Å². The number of aromatic carboxylic acids is 1. The predicted molar refractivity (Wildman–Crippen MR) is 74.6 cm³/mol. The quantitative estimate of drug-likeness (QED) is 0.540. The molecule has 0 radical (unpaired) electrons. The molecule has 0 saturated carbocycles. The van der Waals surface area contributed by atoms with E-state index in [-0.39, 0.29) is 18.2 Å². The number of amides is 2. The van der Waals surface area contributed by atoms with E-state index in [0.717, 1.165) is 24.8 Å². The zero-order chi connectivity index (χ0) is 14.8. The van der Waals surface area contributed by atoms with Crippen LogP contribution in [-0.4, -0.2) is 35.4 Å². The minimum absolute atomic E-state index is 0.179. The first-order chi connectivity index (χ1) is 9.63. The number of hydrogen-bond donors (Lipinski definition) is 4. The number of rotatable bonds is 8. The average molecular weight is 280 g/mol. The van der Waals surface area contributed by atoms with Crippen LogP contribution in [0.4, 0.5) is 4.79 Å². The number of unbranched alkanes of at least 4 members (excludes halogenated alkanes) is 2. The Morgan fingerprint density at radius 3 is 2.30 bits per heavy atom. The van der Waals surface area contributed by atoms with Crippen LogP contribution in [0.15, 0.2) is 24.3 Å². The van der Waals surface area contributed by atoms with Crippen LogP contribution in [0.3, 0.4) is 0 Å². The maximum absolute atomic E-state index is 11.5. The number of nitrogens with one attached hydrogen (secondary N) is 2. The maximum atomic E-state index is 11.5. The van der Waals surface area contributed by atoms with E-state index in [1.165, 1.54) is 12.1 Å². The first kappa shape index (κ1) is 16.0. The van der Waals surface area contributed by atoms with Gasteiger partial charge in [0.2, 0.25) is 0 Å². The molecule has 0 spiro atoms. The normalized spacial score (nSPS) is 10.1. The van der Waals surface area contributed by atoms with E-state index in [2.05, 4.69) is 10.6 Å². The zero-order valence-corrected chi connectivity index (χ0v) is 11.3. The van der Waals surface area contributed by atoms with Gasteiger partial charge in [0.1, 0.15) is 0 Å². The molecule has 110 valence electrons. The topological polar surface area (TPSA) is 98.7 Å². The molecular formula is C14H20N2O4. The molecule has 0 atom stereocenters. The second-order valence-corrected chi connectivity index (χ2v) is 4.40. The lowest BCUT2D eigenvalue weighted by atomic mass is 10.1. The van der Waals surface area contributed by atoms with Gasteiger partial charge in [-0.25, -0.2) is 9.59 Å². The number of carbonyl (C=O) groups excluding carboxylic acids is 1. The van der Waals surface area contributed by atoms with Gasteiger partial charge >= 0.3 is 12.0 Å². The van der Waals surface area contributed by atoms with Gasteiger partial charge in [-0.3, -0.25) is 0 Å². The van der Waals surface area contributed by atoms with Gasteiger partial charge in [-0.15, -0.1) is 0 Å². The van der Waals surface area contributed by atoms with E-state index in [9.17, 15) is 9.59 Å². The van der Waals surface area contributed by atoms with Crippen molar-refractivity contribution in [2.24, 2.45) is 0 Å². The molecule has 0 aliphatic rings. The lowest BCUT2D eigenvalue weighted by Gasteiger charge is -2.07. The largest absolute Gasteiger partial charge is 0.478 e. The highest BCUT2D eigenvalue weighted by atomic mass is 16.4. The van der Waals surface area contributed by atoms with Crippen molar-refractivity contribution < 1.29 is 19.8 Å². The second kappa shape index (κ2) is 8.92. The minimum atomic E-state index is -0.967. The fraction of sp³-hybridized carbons (Fsp3) is 0.429. The summed E-state index contributed by atoms with van der Waals surface area (Å²) in [5.74, 6) is -0.967. The summed E-state index contributed by atoms with van der Waals surface area (Å²) in [6, 6.07) is 6.10. The highest BCUT2D eigenvalue weighted by Crippen LogP contribution is 2.04. The van der Waals surface area contributed by atoms with Crippen molar-refractivity contribution in [1.29, 1.82) is 0 Å². The fourth-order valence-electron chi connectivity index (χ4n) is 1.63. The summed E-state index contributed by atoms with van der Waals surface area (Å²) in [7, 11) is 0. The van der Waals surface area contributed by atoms with Gasteiger partial charge in [0.25, 0.3) is 0 Å². The highest BCUT2D eigenvalue weighted by Gasteiger charge is 2.03. The van der Waals surface area contributed by atoms with Gasteiger partial charge in [0.15, 0.2) is 0 Å². The first-order valence-electron chi connectivity index (χ1n) is 6.58. The number of aliphatic hydroxyl groups excluding tert-OH is 1. The van der Waals surface area contributed by atoms with Gasteiger partial charge in [0, 0.05) is 19.7 Å². The van der Waals surface area contributed by atoms with Crippen LogP contribution in [-0.2, 0) is 6.54 Å². The molecule has 0 aromatic heterocycles. The lowest BCUT2D eigenvalue weighted by molar-refractivity contribution is 0.0697. The van der Waals surface area contributed by atoms with Crippen molar-refractivity contribution in [1.82, 2.24) is 10.6 Å². The third-order valence-electron chi connectivity index (χ3n) is 2.77. The Morgan fingerprint density at radius 1 is 1.00 bits per heavy atom. The van der Waals surface area contributed by atoms with Gasteiger partial charge in [0.05, 0.1) is 5.56 Å². The standard InChI is InChI=1S/C14H20N2O4/c17-9-3-1-2-8-15-14(20)16-10-11-4-6-12(7-5-11)13(18)19/h4-7,17H,1-3,8-10H2,(H,18,19)(H2,15,16,20). The third kappa shape index (κ3) is 6.19. The number of carboxylic acid groups (broad SMARTS) is 1. The number of hydrogen-bond acceptors (Lipinski definition) is 3. The van der Waals surface area contributed by atoms with Crippen molar-refractivity contribution in [2.75, 3.05) is 13.2 Å². The number of carbonyl (C=O) groups is 2. The Hall–Kier alpha value is -2.08. The van der Waals surface area contributed by atoms with Crippen LogP contribution in [0.5, 0.6) is 0 Å². The summed E-state index contributed by atoms with van der Waals surface area (Å²) in [5.41, 5.74) is 1.06. The minimum Gasteiger partial charge on any atom is -0.478 e. The molecule has 0 aliphatic carbocycles. The summed E-state index contributed by atoms with van der Waals surface area (Å²) in [5, 5.41) is 22.8. The van der Waals surface area contributed by atoms with Crippen LogP contribution < -0.4 is 10.6 Å². The molecule has 0 unspecified atom stereocenters. The van der Waals surface area contributed by atoms with Crippen molar-refractivity contribution in [2.45, 2.75) is 25.8 Å². The van der Waals surface area contributed by atoms with Crippen molar-refractivity contribution >= 4 is 12.0 Å². The number of urea groups is 1. The Bertz CT molecular complexity index is 431. The van der Waals surface area contributed by atoms with E-state index >= 15 is 0 Å². The SMILES string of the molecule is O=C(NCCCCCO)NCc1ccc(C(=O)O)cc1. The smallest absolute Gasteiger partial charge is 0.335 e. The third-order valence-corrected chi connectivity index (χ3v) is 2.77. The van der Waals surface area contributed by atoms with Crippen molar-refractivity contribution in [3.63, 3.8) is 0 Å². The Balaban J connectivity index is 2.22. The molecule has 0 saturated heterocycles. The van der Waals surface area contributed by atoms with Crippen molar-refractivity contribution in [3.05, 3.63) is 35.4 Å². The second-order valence-electron chi connectivity index (χ2n) is 4.40. The fourth-order valence-corrected chi connectivity index (χ4v) is 1.63. The molecular weight excluding hydrogens is 260 g/mol. The van der Waals surface area contributed by atoms with E-state index in [1.54, 1.807) is 12.1 Å². The van der Waals surface area contributed by atoms with Gasteiger partial charge in [-0.05, 0) is 37.0 Å². The monoisotopic (exact) mass is 280 g/mol. The summed E-state index contributed by atoms with van der Waals surface area (Å²) in [6.45, 7) is 1.10.